The van der Waals surface area contributed by atoms with Crippen LogP contribution in [0.4, 0.5) is 0 Å². The summed E-state index contributed by atoms with van der Waals surface area (Å²) in [5.74, 6) is 0. The molecule has 0 heterocycles. The van der Waals surface area contributed by atoms with E-state index in [0.29, 0.717) is 19.6 Å². The molecule has 0 spiro atoms. The highest BCUT2D eigenvalue weighted by molar-refractivity contribution is 5.20. The zero-order valence-corrected chi connectivity index (χ0v) is 6.09. The first-order valence-corrected chi connectivity index (χ1v) is 3.31. The van der Waals surface area contributed by atoms with E-state index in [1.54, 1.807) is 0 Å². The zero-order chi connectivity index (χ0) is 7.82. The van der Waals surface area contributed by atoms with Crippen LogP contribution in [0.3, 0.4) is 0 Å². The first-order chi connectivity index (χ1) is 4.85. The van der Waals surface area contributed by atoms with Gasteiger partial charge in [0.25, 0.3) is 0 Å². The van der Waals surface area contributed by atoms with Gasteiger partial charge in [0.1, 0.15) is 0 Å². The smallest absolute Gasteiger partial charge is 0.0175 e. The Kier molecular flexibility index (Phi) is 6.06. The van der Waals surface area contributed by atoms with Crippen molar-refractivity contribution in [2.75, 3.05) is 19.6 Å². The fourth-order valence-corrected chi connectivity index (χ4v) is 0.590. The zero-order valence-electron chi connectivity index (χ0n) is 6.09. The van der Waals surface area contributed by atoms with Crippen LogP contribution in [0.1, 0.15) is 0 Å². The van der Waals surface area contributed by atoms with E-state index in [0.717, 1.165) is 5.57 Å². The van der Waals surface area contributed by atoms with Crippen LogP contribution in [-0.4, -0.2) is 19.6 Å². The molecule has 58 valence electrons. The molecule has 0 amide bonds. The van der Waals surface area contributed by atoms with Crippen LogP contribution in [-0.2, 0) is 0 Å². The number of nitrogens with two attached hydrogens (primary N) is 3. The molecule has 0 aliphatic carbocycles. The Morgan fingerprint density at radius 3 is 2.20 bits per heavy atom. The molecule has 0 radical (unpaired) electrons. The van der Waals surface area contributed by atoms with E-state index >= 15 is 0 Å². The molecule has 0 bridgehead atoms. The molecule has 6 N–H and O–H groups in total. The summed E-state index contributed by atoms with van der Waals surface area (Å²) >= 11 is 0. The minimum atomic E-state index is 0.522. The molecule has 0 aliphatic heterocycles. The summed E-state index contributed by atoms with van der Waals surface area (Å²) < 4.78 is 0. The van der Waals surface area contributed by atoms with Crippen LogP contribution in [0.25, 0.3) is 0 Å². The van der Waals surface area contributed by atoms with Gasteiger partial charge >= 0.3 is 0 Å². The van der Waals surface area contributed by atoms with Crippen LogP contribution in [0.2, 0.25) is 0 Å². The van der Waals surface area contributed by atoms with E-state index in [9.17, 15) is 0 Å². The first kappa shape index (κ1) is 9.36. The number of rotatable bonds is 4. The Morgan fingerprint density at radius 2 is 1.80 bits per heavy atom. The molecule has 0 atom stereocenters. The van der Waals surface area contributed by atoms with E-state index in [1.807, 2.05) is 18.2 Å². The summed E-state index contributed by atoms with van der Waals surface area (Å²) in [5, 5.41) is 0. The van der Waals surface area contributed by atoms with Gasteiger partial charge in [-0.15, -0.1) is 0 Å². The van der Waals surface area contributed by atoms with Crippen molar-refractivity contribution in [3.63, 3.8) is 0 Å². The van der Waals surface area contributed by atoms with E-state index < -0.39 is 0 Å². The molecular weight excluding hydrogens is 126 g/mol. The maximum absolute atomic E-state index is 5.38. The average molecular weight is 141 g/mol. The minimum absolute atomic E-state index is 0.522. The molecule has 0 unspecified atom stereocenters. The molecule has 0 aliphatic rings. The van der Waals surface area contributed by atoms with Gasteiger partial charge < -0.3 is 17.2 Å². The monoisotopic (exact) mass is 141 g/mol. The molecule has 0 fully saturated rings. The molecule has 10 heavy (non-hydrogen) atoms. The van der Waals surface area contributed by atoms with E-state index in [4.69, 9.17) is 17.2 Å². The summed E-state index contributed by atoms with van der Waals surface area (Å²) in [6.45, 7) is 1.59. The number of hydrogen-bond donors (Lipinski definition) is 3. The van der Waals surface area contributed by atoms with Crippen molar-refractivity contribution in [1.29, 1.82) is 0 Å². The Bertz CT molecular complexity index is 127. The maximum atomic E-state index is 5.38. The van der Waals surface area contributed by atoms with Crippen molar-refractivity contribution < 1.29 is 0 Å². The molecule has 0 saturated carbocycles. The second-order valence-electron chi connectivity index (χ2n) is 1.86. The Morgan fingerprint density at radius 1 is 1.10 bits per heavy atom. The molecular formula is C7H15N3. The van der Waals surface area contributed by atoms with Crippen molar-refractivity contribution in [3.05, 3.63) is 23.8 Å². The molecule has 0 rings (SSSR count). The van der Waals surface area contributed by atoms with Gasteiger partial charge in [-0.05, 0) is 5.57 Å². The van der Waals surface area contributed by atoms with Gasteiger partial charge in [0.2, 0.25) is 0 Å². The van der Waals surface area contributed by atoms with Crippen LogP contribution < -0.4 is 17.2 Å². The van der Waals surface area contributed by atoms with Crippen LogP contribution in [0, 0.1) is 0 Å². The van der Waals surface area contributed by atoms with Gasteiger partial charge in [0.05, 0.1) is 0 Å². The molecule has 0 aromatic carbocycles. The van der Waals surface area contributed by atoms with E-state index in [1.165, 1.54) is 0 Å². The van der Waals surface area contributed by atoms with Crippen LogP contribution in [0.5, 0.6) is 0 Å². The highest BCUT2D eigenvalue weighted by Gasteiger charge is 1.83. The predicted octanol–water partition coefficient (Wildman–Crippen LogP) is -0.655. The normalized spacial score (nSPS) is 12.9. The van der Waals surface area contributed by atoms with Gasteiger partial charge in [0.15, 0.2) is 0 Å². The fraction of sp³-hybridized carbons (Fsp3) is 0.429. The van der Waals surface area contributed by atoms with E-state index in [2.05, 4.69) is 0 Å². The van der Waals surface area contributed by atoms with Crippen LogP contribution >= 0.6 is 0 Å². The van der Waals surface area contributed by atoms with Gasteiger partial charge in [-0.2, -0.15) is 0 Å². The lowest BCUT2D eigenvalue weighted by Gasteiger charge is -1.94. The Labute approximate surface area is 61.6 Å². The number of hydrogen-bond acceptors (Lipinski definition) is 3. The largest absolute Gasteiger partial charge is 0.327 e. The second kappa shape index (κ2) is 6.48. The van der Waals surface area contributed by atoms with Crippen LogP contribution in [0.15, 0.2) is 23.8 Å². The Hall–Kier alpha value is -0.640. The summed E-state index contributed by atoms with van der Waals surface area (Å²) in [7, 11) is 0. The topological polar surface area (TPSA) is 78.1 Å². The fourth-order valence-electron chi connectivity index (χ4n) is 0.590. The summed E-state index contributed by atoms with van der Waals surface area (Å²) in [4.78, 5) is 0. The average Bonchev–Trinajstić information content (AvgIpc) is 1.98. The molecule has 3 nitrogen and oxygen atoms in total. The molecule has 0 aromatic rings. The van der Waals surface area contributed by atoms with Crippen molar-refractivity contribution >= 4 is 0 Å². The molecule has 0 aromatic heterocycles. The summed E-state index contributed by atoms with van der Waals surface area (Å²) in [6.07, 6.45) is 5.63. The van der Waals surface area contributed by atoms with Gasteiger partial charge in [-0.25, -0.2) is 0 Å². The third-order valence-corrected chi connectivity index (χ3v) is 1.08. The van der Waals surface area contributed by atoms with Gasteiger partial charge in [-0.1, -0.05) is 18.2 Å². The summed E-state index contributed by atoms with van der Waals surface area (Å²) in [6, 6.07) is 0. The minimum Gasteiger partial charge on any atom is -0.327 e. The Balaban J connectivity index is 3.82. The van der Waals surface area contributed by atoms with Gasteiger partial charge in [0, 0.05) is 19.6 Å². The predicted molar refractivity (Wildman–Crippen MR) is 44.4 cm³/mol. The maximum Gasteiger partial charge on any atom is 0.0175 e. The standard InChI is InChI=1S/C7H15N3/c8-4-1-2-7(6-10)3-5-9/h1-3H,4-6,8-10H2. The first-order valence-electron chi connectivity index (χ1n) is 3.31. The molecule has 0 saturated heterocycles. The second-order valence-corrected chi connectivity index (χ2v) is 1.86. The highest BCUT2D eigenvalue weighted by Crippen LogP contribution is 1.91. The van der Waals surface area contributed by atoms with Crippen molar-refractivity contribution in [1.82, 2.24) is 0 Å². The van der Waals surface area contributed by atoms with Crippen molar-refractivity contribution in [3.8, 4) is 0 Å². The van der Waals surface area contributed by atoms with E-state index in [-0.39, 0.29) is 0 Å². The van der Waals surface area contributed by atoms with Crippen molar-refractivity contribution in [2.45, 2.75) is 0 Å². The lowest BCUT2D eigenvalue weighted by molar-refractivity contribution is 1.13. The third kappa shape index (κ3) is 4.26. The lowest BCUT2D eigenvalue weighted by Crippen LogP contribution is -2.05. The quantitative estimate of drug-likeness (QED) is 0.455. The lowest BCUT2D eigenvalue weighted by atomic mass is 10.2. The van der Waals surface area contributed by atoms with Gasteiger partial charge in [-0.3, -0.25) is 0 Å². The summed E-state index contributed by atoms with van der Waals surface area (Å²) in [5.41, 5.74) is 16.9. The highest BCUT2D eigenvalue weighted by atomic mass is 14.5. The third-order valence-electron chi connectivity index (χ3n) is 1.08. The SMILES string of the molecule is NCC=CC(=CCN)CN. The molecule has 3 heteroatoms. The van der Waals surface area contributed by atoms with Crippen molar-refractivity contribution in [2.24, 2.45) is 17.2 Å².